The smallest absolute Gasteiger partial charge is 0.141 e. The molecular formula is C17H30FN3. The van der Waals surface area contributed by atoms with Crippen molar-refractivity contribution >= 4 is 5.82 Å². The van der Waals surface area contributed by atoms with Crippen LogP contribution >= 0.6 is 0 Å². The zero-order valence-corrected chi connectivity index (χ0v) is 14.2. The van der Waals surface area contributed by atoms with Gasteiger partial charge in [-0.15, -0.1) is 0 Å². The number of anilines is 1. The van der Waals surface area contributed by atoms with Crippen molar-refractivity contribution < 1.29 is 4.39 Å². The van der Waals surface area contributed by atoms with Crippen molar-refractivity contribution in [3.63, 3.8) is 0 Å². The fourth-order valence-electron chi connectivity index (χ4n) is 2.54. The SMILES string of the molecule is CC(C)NCc1cc(F)cnc1NCC(C(C)C)C(C)C. The number of nitrogens with one attached hydrogen (secondary N) is 2. The first-order valence-electron chi connectivity index (χ1n) is 7.93. The Hall–Kier alpha value is -1.16. The van der Waals surface area contributed by atoms with Crippen molar-refractivity contribution in [2.75, 3.05) is 11.9 Å². The molecule has 0 radical (unpaired) electrons. The summed E-state index contributed by atoms with van der Waals surface area (Å²) in [5.41, 5.74) is 0.884. The van der Waals surface area contributed by atoms with Gasteiger partial charge in [0.2, 0.25) is 0 Å². The molecule has 0 aromatic carbocycles. The van der Waals surface area contributed by atoms with Gasteiger partial charge in [0.05, 0.1) is 6.20 Å². The van der Waals surface area contributed by atoms with Crippen molar-refractivity contribution in [2.24, 2.45) is 17.8 Å². The molecule has 1 rings (SSSR count). The van der Waals surface area contributed by atoms with E-state index in [2.05, 4.69) is 57.2 Å². The summed E-state index contributed by atoms with van der Waals surface area (Å²) in [5, 5.41) is 6.73. The highest BCUT2D eigenvalue weighted by molar-refractivity contribution is 5.44. The number of nitrogens with zero attached hydrogens (tertiary/aromatic N) is 1. The van der Waals surface area contributed by atoms with Crippen molar-refractivity contribution in [3.05, 3.63) is 23.6 Å². The highest BCUT2D eigenvalue weighted by atomic mass is 19.1. The molecule has 1 aromatic rings. The predicted octanol–water partition coefficient (Wildman–Crippen LogP) is 4.06. The summed E-state index contributed by atoms with van der Waals surface area (Å²) in [4.78, 5) is 4.22. The van der Waals surface area contributed by atoms with E-state index in [4.69, 9.17) is 0 Å². The van der Waals surface area contributed by atoms with Crippen LogP contribution in [0.5, 0.6) is 0 Å². The Bertz CT molecular complexity index is 422. The van der Waals surface area contributed by atoms with Gasteiger partial charge in [-0.3, -0.25) is 0 Å². The molecule has 1 aromatic heterocycles. The molecule has 0 spiro atoms. The van der Waals surface area contributed by atoms with E-state index in [9.17, 15) is 4.39 Å². The van der Waals surface area contributed by atoms with E-state index in [1.54, 1.807) is 6.07 Å². The minimum Gasteiger partial charge on any atom is -0.370 e. The molecule has 0 bridgehead atoms. The largest absolute Gasteiger partial charge is 0.370 e. The third kappa shape index (κ3) is 6.00. The number of hydrogen-bond donors (Lipinski definition) is 2. The lowest BCUT2D eigenvalue weighted by molar-refractivity contribution is 0.304. The second-order valence-corrected chi connectivity index (χ2v) is 6.73. The second-order valence-electron chi connectivity index (χ2n) is 6.73. The van der Waals surface area contributed by atoms with E-state index in [0.717, 1.165) is 17.9 Å². The highest BCUT2D eigenvalue weighted by Crippen LogP contribution is 2.22. The summed E-state index contributed by atoms with van der Waals surface area (Å²) in [6.07, 6.45) is 1.28. The fourth-order valence-corrected chi connectivity index (χ4v) is 2.54. The van der Waals surface area contributed by atoms with Crippen molar-refractivity contribution in [3.8, 4) is 0 Å². The summed E-state index contributed by atoms with van der Waals surface area (Å²) in [6, 6.07) is 1.92. The molecule has 0 saturated carbocycles. The number of aromatic nitrogens is 1. The fraction of sp³-hybridized carbons (Fsp3) is 0.706. The van der Waals surface area contributed by atoms with Crippen molar-refractivity contribution in [2.45, 2.75) is 54.1 Å². The standard InChI is InChI=1S/C17H30FN3/c1-11(2)16(12(3)4)10-21-17-14(8-19-13(5)6)7-15(18)9-20-17/h7,9,11-13,16,19H,8,10H2,1-6H3,(H,20,21). The van der Waals surface area contributed by atoms with Gasteiger partial charge in [0.15, 0.2) is 0 Å². The number of halogens is 1. The average molecular weight is 295 g/mol. The van der Waals surface area contributed by atoms with Crippen molar-refractivity contribution in [1.82, 2.24) is 10.3 Å². The zero-order chi connectivity index (χ0) is 16.0. The van der Waals surface area contributed by atoms with Crippen LogP contribution in [0.15, 0.2) is 12.3 Å². The van der Waals surface area contributed by atoms with Crippen LogP contribution < -0.4 is 10.6 Å². The van der Waals surface area contributed by atoms with Gasteiger partial charge in [-0.05, 0) is 23.8 Å². The Kier molecular flexibility index (Phi) is 7.09. The minimum absolute atomic E-state index is 0.287. The topological polar surface area (TPSA) is 37.0 Å². The minimum atomic E-state index is -0.287. The highest BCUT2D eigenvalue weighted by Gasteiger charge is 2.18. The number of pyridine rings is 1. The molecule has 0 amide bonds. The molecule has 0 aliphatic heterocycles. The third-order valence-corrected chi connectivity index (χ3v) is 3.85. The van der Waals surface area contributed by atoms with E-state index in [1.165, 1.54) is 6.20 Å². The second kappa shape index (κ2) is 8.32. The molecule has 3 nitrogen and oxygen atoms in total. The Balaban J connectivity index is 2.77. The van der Waals surface area contributed by atoms with Gasteiger partial charge in [-0.25, -0.2) is 9.37 Å². The van der Waals surface area contributed by atoms with E-state index < -0.39 is 0 Å². The maximum Gasteiger partial charge on any atom is 0.141 e. The van der Waals surface area contributed by atoms with Crippen LogP contribution in [0.4, 0.5) is 10.2 Å². The summed E-state index contributed by atoms with van der Waals surface area (Å²) >= 11 is 0. The molecule has 0 saturated heterocycles. The summed E-state index contributed by atoms with van der Waals surface area (Å²) < 4.78 is 13.4. The predicted molar refractivity (Wildman–Crippen MR) is 87.8 cm³/mol. The maximum atomic E-state index is 13.4. The molecule has 120 valence electrons. The molecule has 0 fully saturated rings. The normalized spacial score (nSPS) is 12.0. The summed E-state index contributed by atoms with van der Waals surface area (Å²) in [6.45, 7) is 14.6. The molecule has 0 aliphatic carbocycles. The quantitative estimate of drug-likeness (QED) is 0.759. The number of hydrogen-bond acceptors (Lipinski definition) is 3. The van der Waals surface area contributed by atoms with Crippen LogP contribution in [0.3, 0.4) is 0 Å². The Labute approximate surface area is 128 Å². The third-order valence-electron chi connectivity index (χ3n) is 3.85. The van der Waals surface area contributed by atoms with Gasteiger partial charge in [0, 0.05) is 24.7 Å². The molecule has 1 heterocycles. The lowest BCUT2D eigenvalue weighted by Gasteiger charge is -2.26. The van der Waals surface area contributed by atoms with Crippen LogP contribution in [0.25, 0.3) is 0 Å². The van der Waals surface area contributed by atoms with Gasteiger partial charge in [-0.1, -0.05) is 41.5 Å². The Morgan fingerprint density at radius 3 is 2.24 bits per heavy atom. The molecule has 21 heavy (non-hydrogen) atoms. The maximum absolute atomic E-state index is 13.4. The van der Waals surface area contributed by atoms with E-state index in [0.29, 0.717) is 30.3 Å². The van der Waals surface area contributed by atoms with E-state index in [1.807, 2.05) is 0 Å². The molecule has 0 atom stereocenters. The van der Waals surface area contributed by atoms with Crippen LogP contribution in [0.1, 0.15) is 47.1 Å². The van der Waals surface area contributed by atoms with Gasteiger partial charge in [0.1, 0.15) is 11.6 Å². The molecule has 4 heteroatoms. The Morgan fingerprint density at radius 1 is 1.10 bits per heavy atom. The molecule has 0 aliphatic rings. The van der Waals surface area contributed by atoms with Crippen LogP contribution in [0.2, 0.25) is 0 Å². The first-order valence-corrected chi connectivity index (χ1v) is 7.93. The van der Waals surface area contributed by atoms with Crippen LogP contribution in [-0.2, 0) is 6.54 Å². The van der Waals surface area contributed by atoms with Crippen LogP contribution in [-0.4, -0.2) is 17.6 Å². The number of rotatable bonds is 8. The van der Waals surface area contributed by atoms with E-state index >= 15 is 0 Å². The first kappa shape index (κ1) is 17.9. The monoisotopic (exact) mass is 295 g/mol. The molecular weight excluding hydrogens is 265 g/mol. The Morgan fingerprint density at radius 2 is 1.71 bits per heavy atom. The summed E-state index contributed by atoms with van der Waals surface area (Å²) in [5.74, 6) is 2.29. The molecule has 2 N–H and O–H groups in total. The van der Waals surface area contributed by atoms with Crippen molar-refractivity contribution in [1.29, 1.82) is 0 Å². The average Bonchev–Trinajstić information content (AvgIpc) is 2.37. The first-order chi connectivity index (χ1) is 9.81. The van der Waals surface area contributed by atoms with Gasteiger partial charge < -0.3 is 10.6 Å². The van der Waals surface area contributed by atoms with Gasteiger partial charge in [-0.2, -0.15) is 0 Å². The lowest BCUT2D eigenvalue weighted by Crippen LogP contribution is -2.26. The lowest BCUT2D eigenvalue weighted by atomic mass is 9.85. The zero-order valence-electron chi connectivity index (χ0n) is 14.2. The van der Waals surface area contributed by atoms with Gasteiger partial charge >= 0.3 is 0 Å². The van der Waals surface area contributed by atoms with Crippen LogP contribution in [0, 0.1) is 23.6 Å². The van der Waals surface area contributed by atoms with Gasteiger partial charge in [0.25, 0.3) is 0 Å². The molecule has 0 unspecified atom stereocenters. The summed E-state index contributed by atoms with van der Waals surface area (Å²) in [7, 11) is 0. The van der Waals surface area contributed by atoms with E-state index in [-0.39, 0.29) is 5.82 Å².